The molecule has 0 heterocycles. The largest absolute Gasteiger partial charge is 0.390 e. The van der Waals surface area contributed by atoms with Gasteiger partial charge in [0, 0.05) is 6.61 Å². The van der Waals surface area contributed by atoms with Crippen LogP contribution in [0.2, 0.25) is 0 Å². The van der Waals surface area contributed by atoms with E-state index in [1.165, 1.54) is 19.3 Å². The molecule has 3 unspecified atom stereocenters. The fraction of sp³-hybridized carbons (Fsp3) is 1.00. The Kier molecular flexibility index (Phi) is 7.14. The second kappa shape index (κ2) is 8.10. The van der Waals surface area contributed by atoms with Crippen molar-refractivity contribution in [2.45, 2.75) is 77.9 Å². The summed E-state index contributed by atoms with van der Waals surface area (Å²) in [5.41, 5.74) is 0. The van der Waals surface area contributed by atoms with Crippen LogP contribution in [0.25, 0.3) is 0 Å². The van der Waals surface area contributed by atoms with E-state index in [2.05, 4.69) is 20.8 Å². The van der Waals surface area contributed by atoms with Gasteiger partial charge >= 0.3 is 0 Å². The first kappa shape index (κ1) is 15.0. The van der Waals surface area contributed by atoms with E-state index in [0.717, 1.165) is 38.2 Å². The molecule has 2 nitrogen and oxygen atoms in total. The molecule has 1 aliphatic carbocycles. The van der Waals surface area contributed by atoms with E-state index in [0.29, 0.717) is 5.92 Å². The monoisotopic (exact) mass is 242 g/mol. The van der Waals surface area contributed by atoms with Crippen LogP contribution in [0.1, 0.15) is 65.7 Å². The molecule has 1 fully saturated rings. The van der Waals surface area contributed by atoms with Gasteiger partial charge in [-0.1, -0.05) is 40.0 Å². The molecule has 0 aromatic carbocycles. The maximum absolute atomic E-state index is 9.95. The summed E-state index contributed by atoms with van der Waals surface area (Å²) in [4.78, 5) is 0. The minimum Gasteiger partial charge on any atom is -0.390 e. The lowest BCUT2D eigenvalue weighted by atomic mass is 9.79. The van der Waals surface area contributed by atoms with Gasteiger partial charge in [-0.3, -0.25) is 0 Å². The summed E-state index contributed by atoms with van der Waals surface area (Å²) in [6, 6.07) is 0. The Labute approximate surface area is 107 Å². The molecular formula is C15H30O2. The van der Waals surface area contributed by atoms with E-state index in [1.807, 2.05) is 0 Å². The number of hydrogen-bond acceptors (Lipinski definition) is 2. The van der Waals surface area contributed by atoms with Crippen molar-refractivity contribution in [2.75, 3.05) is 6.61 Å². The number of aliphatic hydroxyl groups excluding tert-OH is 1. The average molecular weight is 242 g/mol. The van der Waals surface area contributed by atoms with Crippen LogP contribution in [0.5, 0.6) is 0 Å². The summed E-state index contributed by atoms with van der Waals surface area (Å²) >= 11 is 0. The van der Waals surface area contributed by atoms with E-state index in [9.17, 15) is 5.11 Å². The minimum absolute atomic E-state index is 0.0952. The third kappa shape index (κ3) is 5.39. The topological polar surface area (TPSA) is 29.5 Å². The third-order valence-corrected chi connectivity index (χ3v) is 4.07. The fourth-order valence-electron chi connectivity index (χ4n) is 2.69. The smallest absolute Gasteiger partial charge is 0.0836 e. The highest BCUT2D eigenvalue weighted by Gasteiger charge is 2.30. The van der Waals surface area contributed by atoms with Gasteiger partial charge < -0.3 is 9.84 Å². The molecule has 1 rings (SSSR count). The highest BCUT2D eigenvalue weighted by Crippen LogP contribution is 2.31. The van der Waals surface area contributed by atoms with Crippen molar-refractivity contribution in [3.05, 3.63) is 0 Å². The molecule has 1 N–H and O–H groups in total. The first-order valence-corrected chi connectivity index (χ1v) is 7.44. The predicted molar refractivity (Wildman–Crippen MR) is 72.1 cm³/mol. The van der Waals surface area contributed by atoms with Crippen molar-refractivity contribution in [3.8, 4) is 0 Å². The van der Waals surface area contributed by atoms with Crippen LogP contribution in [0, 0.1) is 11.8 Å². The van der Waals surface area contributed by atoms with Crippen molar-refractivity contribution in [1.29, 1.82) is 0 Å². The van der Waals surface area contributed by atoms with Gasteiger partial charge in [0.05, 0.1) is 12.2 Å². The second-order valence-corrected chi connectivity index (χ2v) is 5.85. The molecule has 2 heteroatoms. The maximum Gasteiger partial charge on any atom is 0.0836 e. The van der Waals surface area contributed by atoms with Crippen molar-refractivity contribution in [3.63, 3.8) is 0 Å². The van der Waals surface area contributed by atoms with Gasteiger partial charge in [0.15, 0.2) is 0 Å². The predicted octanol–water partition coefficient (Wildman–Crippen LogP) is 3.77. The van der Waals surface area contributed by atoms with E-state index >= 15 is 0 Å². The molecule has 1 aliphatic rings. The van der Waals surface area contributed by atoms with Crippen molar-refractivity contribution >= 4 is 0 Å². The Hall–Kier alpha value is -0.0800. The van der Waals surface area contributed by atoms with E-state index in [4.69, 9.17) is 4.74 Å². The van der Waals surface area contributed by atoms with Crippen LogP contribution in [-0.4, -0.2) is 23.9 Å². The Balaban J connectivity index is 2.20. The molecule has 0 aromatic heterocycles. The zero-order chi connectivity index (χ0) is 12.7. The lowest BCUT2D eigenvalue weighted by Crippen LogP contribution is -2.37. The number of rotatable bonds is 7. The Morgan fingerprint density at radius 1 is 1.18 bits per heavy atom. The van der Waals surface area contributed by atoms with Crippen LogP contribution in [-0.2, 0) is 4.74 Å². The van der Waals surface area contributed by atoms with Crippen molar-refractivity contribution < 1.29 is 9.84 Å². The number of hydrogen-bond donors (Lipinski definition) is 1. The van der Waals surface area contributed by atoms with Gasteiger partial charge in [-0.25, -0.2) is 0 Å². The molecule has 0 amide bonds. The first-order valence-electron chi connectivity index (χ1n) is 7.44. The highest BCUT2D eigenvalue weighted by atomic mass is 16.5. The summed E-state index contributed by atoms with van der Waals surface area (Å²) in [5.74, 6) is 1.45. The summed E-state index contributed by atoms with van der Waals surface area (Å²) in [6.45, 7) is 7.60. The molecular weight excluding hydrogens is 212 g/mol. The van der Waals surface area contributed by atoms with Gasteiger partial charge in [-0.2, -0.15) is 0 Å². The first-order chi connectivity index (χ1) is 8.15. The molecule has 1 saturated carbocycles. The summed E-state index contributed by atoms with van der Waals surface area (Å²) < 4.78 is 5.87. The summed E-state index contributed by atoms with van der Waals surface area (Å²) in [5, 5.41) is 9.95. The average Bonchev–Trinajstić information content (AvgIpc) is 2.30. The van der Waals surface area contributed by atoms with Gasteiger partial charge in [0.1, 0.15) is 0 Å². The number of unbranched alkanes of at least 4 members (excludes halogenated alkanes) is 3. The lowest BCUT2D eigenvalue weighted by Gasteiger charge is -2.35. The standard InChI is InChI=1S/C15H30O2/c1-4-5-6-7-10-17-15-11-13(12(2)3)8-9-14(15)16/h12-16H,4-11H2,1-3H3. The Morgan fingerprint density at radius 2 is 1.94 bits per heavy atom. The molecule has 0 saturated heterocycles. The summed E-state index contributed by atoms with van der Waals surface area (Å²) in [7, 11) is 0. The van der Waals surface area contributed by atoms with Gasteiger partial charge in [-0.05, 0) is 37.5 Å². The molecule has 102 valence electrons. The minimum atomic E-state index is -0.226. The third-order valence-electron chi connectivity index (χ3n) is 4.07. The highest BCUT2D eigenvalue weighted by molar-refractivity contribution is 4.81. The fourth-order valence-corrected chi connectivity index (χ4v) is 2.69. The molecule has 0 spiro atoms. The maximum atomic E-state index is 9.95. The van der Waals surface area contributed by atoms with Gasteiger partial charge in [0.2, 0.25) is 0 Å². The lowest BCUT2D eigenvalue weighted by molar-refractivity contribution is -0.0768. The zero-order valence-electron chi connectivity index (χ0n) is 11.8. The number of ether oxygens (including phenoxy) is 1. The van der Waals surface area contributed by atoms with Crippen LogP contribution in [0.4, 0.5) is 0 Å². The quantitative estimate of drug-likeness (QED) is 0.689. The Bertz CT molecular complexity index is 191. The molecule has 0 bridgehead atoms. The normalized spacial score (nSPS) is 29.8. The molecule has 0 aliphatic heterocycles. The van der Waals surface area contributed by atoms with Crippen molar-refractivity contribution in [1.82, 2.24) is 0 Å². The number of aliphatic hydroxyl groups is 1. The van der Waals surface area contributed by atoms with Gasteiger partial charge in [0.25, 0.3) is 0 Å². The van der Waals surface area contributed by atoms with Crippen molar-refractivity contribution in [2.24, 2.45) is 11.8 Å². The molecule has 17 heavy (non-hydrogen) atoms. The van der Waals surface area contributed by atoms with Crippen LogP contribution in [0.3, 0.4) is 0 Å². The second-order valence-electron chi connectivity index (χ2n) is 5.85. The van der Waals surface area contributed by atoms with Gasteiger partial charge in [-0.15, -0.1) is 0 Å². The Morgan fingerprint density at radius 3 is 2.59 bits per heavy atom. The van der Waals surface area contributed by atoms with Crippen LogP contribution in [0.15, 0.2) is 0 Å². The van der Waals surface area contributed by atoms with Crippen LogP contribution < -0.4 is 0 Å². The summed E-state index contributed by atoms with van der Waals surface area (Å²) in [6.07, 6.45) is 7.96. The molecule has 0 aromatic rings. The van der Waals surface area contributed by atoms with Crippen LogP contribution >= 0.6 is 0 Å². The SMILES string of the molecule is CCCCCCOC1CC(C(C)C)CCC1O. The molecule has 0 radical (unpaired) electrons. The van der Waals surface area contributed by atoms with E-state index in [1.54, 1.807) is 0 Å². The zero-order valence-corrected chi connectivity index (χ0v) is 11.8. The van der Waals surface area contributed by atoms with E-state index in [-0.39, 0.29) is 12.2 Å². The molecule has 3 atom stereocenters. The van der Waals surface area contributed by atoms with E-state index < -0.39 is 0 Å².